The molecule has 3 rings (SSSR count). The van der Waals surface area contributed by atoms with E-state index in [4.69, 9.17) is 0 Å². The largest absolute Gasteiger partial charge is 0.355 e. The van der Waals surface area contributed by atoms with E-state index in [0.717, 1.165) is 29.8 Å². The minimum Gasteiger partial charge on any atom is -0.355 e. The summed E-state index contributed by atoms with van der Waals surface area (Å²) in [5.74, 6) is 1.74. The molecule has 1 atom stereocenters. The molecule has 1 aromatic heterocycles. The number of nitrogens with one attached hydrogen (secondary N) is 1. The van der Waals surface area contributed by atoms with E-state index in [1.807, 2.05) is 25.1 Å². The number of carbonyl (C=O) groups excluding carboxylic acids is 1. The van der Waals surface area contributed by atoms with E-state index in [1.165, 1.54) is 11.8 Å². The Hall–Kier alpha value is -1.54. The lowest BCUT2D eigenvalue weighted by atomic mass is 10.3. The van der Waals surface area contributed by atoms with Crippen LogP contribution in [-0.2, 0) is 21.2 Å². The molecule has 2 aromatic rings. The molecule has 1 amide bonds. The number of fused-ring (bicyclic) bond motifs is 1. The predicted octanol–water partition coefficient (Wildman–Crippen LogP) is 1.77. The van der Waals surface area contributed by atoms with Crippen LogP contribution >= 0.6 is 11.8 Å². The third-order valence-electron chi connectivity index (χ3n) is 4.37. The van der Waals surface area contributed by atoms with Crippen LogP contribution < -0.4 is 5.32 Å². The van der Waals surface area contributed by atoms with Crippen LogP contribution in [0.3, 0.4) is 0 Å². The van der Waals surface area contributed by atoms with Gasteiger partial charge in [0, 0.05) is 18.3 Å². The van der Waals surface area contributed by atoms with Gasteiger partial charge in [0.2, 0.25) is 5.91 Å². The number of hydrogen-bond acceptors (Lipinski definition) is 5. The van der Waals surface area contributed by atoms with Gasteiger partial charge in [0.05, 0.1) is 28.3 Å². The molecule has 1 N–H and O–H groups in total. The molecular formula is C17H23N3O3S2. The van der Waals surface area contributed by atoms with Crippen LogP contribution in [0.25, 0.3) is 11.0 Å². The zero-order valence-electron chi connectivity index (χ0n) is 14.3. The first kappa shape index (κ1) is 18.3. The van der Waals surface area contributed by atoms with Gasteiger partial charge in [-0.3, -0.25) is 4.79 Å². The van der Waals surface area contributed by atoms with E-state index in [0.29, 0.717) is 18.7 Å². The molecular weight excluding hydrogens is 358 g/mol. The predicted molar refractivity (Wildman–Crippen MR) is 102 cm³/mol. The lowest BCUT2D eigenvalue weighted by molar-refractivity contribution is -0.118. The Kier molecular flexibility index (Phi) is 5.68. The molecule has 136 valence electrons. The topological polar surface area (TPSA) is 81.1 Å². The highest BCUT2D eigenvalue weighted by Gasteiger charge is 2.28. The Labute approximate surface area is 152 Å². The van der Waals surface area contributed by atoms with E-state index in [1.54, 1.807) is 0 Å². The van der Waals surface area contributed by atoms with E-state index in [-0.39, 0.29) is 22.7 Å². The minimum absolute atomic E-state index is 0.0264. The van der Waals surface area contributed by atoms with Crippen LogP contribution in [-0.4, -0.2) is 52.9 Å². The quantitative estimate of drug-likeness (QED) is 0.740. The number of para-hydroxylation sites is 2. The first-order valence-corrected chi connectivity index (χ1v) is 11.3. The van der Waals surface area contributed by atoms with Crippen molar-refractivity contribution in [1.82, 2.24) is 14.9 Å². The molecule has 1 aliphatic heterocycles. The number of rotatable bonds is 7. The van der Waals surface area contributed by atoms with E-state index >= 15 is 0 Å². The Morgan fingerprint density at radius 3 is 2.96 bits per heavy atom. The van der Waals surface area contributed by atoms with Crippen LogP contribution in [0.4, 0.5) is 0 Å². The van der Waals surface area contributed by atoms with Crippen molar-refractivity contribution in [2.75, 3.05) is 23.8 Å². The van der Waals surface area contributed by atoms with Crippen molar-refractivity contribution in [3.63, 3.8) is 0 Å². The Bertz CT molecular complexity index is 861. The van der Waals surface area contributed by atoms with Crippen LogP contribution in [0, 0.1) is 6.92 Å². The molecule has 0 bridgehead atoms. The zero-order chi connectivity index (χ0) is 17.9. The second kappa shape index (κ2) is 7.78. The Balaban J connectivity index is 1.39. The summed E-state index contributed by atoms with van der Waals surface area (Å²) in [6.07, 6.45) is 1.49. The smallest absolute Gasteiger partial charge is 0.230 e. The summed E-state index contributed by atoms with van der Waals surface area (Å²) >= 11 is 1.45. The van der Waals surface area contributed by atoms with Crippen LogP contribution in [0.15, 0.2) is 24.3 Å². The number of benzene rings is 1. The first-order chi connectivity index (χ1) is 11.9. The van der Waals surface area contributed by atoms with E-state index < -0.39 is 9.84 Å². The maximum atomic E-state index is 11.9. The number of nitrogens with zero attached hydrogens (tertiary/aromatic N) is 2. The number of thioether (sulfide) groups is 1. The molecule has 0 saturated carbocycles. The average Bonchev–Trinajstić information content (AvgIpc) is 3.08. The summed E-state index contributed by atoms with van der Waals surface area (Å²) in [5.41, 5.74) is 2.11. The molecule has 1 unspecified atom stereocenters. The second-order valence-corrected chi connectivity index (χ2v) is 9.86. The molecule has 0 spiro atoms. The third-order valence-corrected chi connectivity index (χ3v) is 7.65. The molecule has 1 saturated heterocycles. The number of aromatic nitrogens is 2. The summed E-state index contributed by atoms with van der Waals surface area (Å²) in [5, 5.41) is 2.98. The monoisotopic (exact) mass is 381 g/mol. The van der Waals surface area contributed by atoms with Crippen LogP contribution in [0.5, 0.6) is 0 Å². The lowest BCUT2D eigenvalue weighted by Crippen LogP contribution is -2.27. The summed E-state index contributed by atoms with van der Waals surface area (Å²) in [6, 6.07) is 8.04. The summed E-state index contributed by atoms with van der Waals surface area (Å²) in [7, 11) is -2.87. The molecule has 0 aliphatic carbocycles. The molecule has 1 aromatic carbocycles. The van der Waals surface area contributed by atoms with Gasteiger partial charge < -0.3 is 9.88 Å². The highest BCUT2D eigenvalue weighted by Crippen LogP contribution is 2.24. The van der Waals surface area contributed by atoms with Crippen molar-refractivity contribution in [3.8, 4) is 0 Å². The van der Waals surface area contributed by atoms with Crippen molar-refractivity contribution < 1.29 is 13.2 Å². The van der Waals surface area contributed by atoms with Gasteiger partial charge in [-0.15, -0.1) is 11.8 Å². The zero-order valence-corrected chi connectivity index (χ0v) is 15.9. The van der Waals surface area contributed by atoms with Gasteiger partial charge in [-0.05, 0) is 31.9 Å². The Morgan fingerprint density at radius 1 is 1.40 bits per heavy atom. The van der Waals surface area contributed by atoms with Crippen molar-refractivity contribution in [1.29, 1.82) is 0 Å². The van der Waals surface area contributed by atoms with Crippen LogP contribution in [0.1, 0.15) is 18.7 Å². The van der Waals surface area contributed by atoms with Crippen molar-refractivity contribution >= 4 is 38.5 Å². The summed E-state index contributed by atoms with van der Waals surface area (Å²) in [4.78, 5) is 16.4. The second-order valence-electron chi connectivity index (χ2n) is 6.34. The molecule has 2 heterocycles. The molecule has 6 nitrogen and oxygen atoms in total. The summed E-state index contributed by atoms with van der Waals surface area (Å²) < 4.78 is 25.0. The van der Waals surface area contributed by atoms with Gasteiger partial charge in [-0.1, -0.05) is 12.1 Å². The minimum atomic E-state index is -2.87. The van der Waals surface area contributed by atoms with Gasteiger partial charge in [0.1, 0.15) is 5.82 Å². The highest BCUT2D eigenvalue weighted by molar-refractivity contribution is 8.02. The molecule has 1 aliphatic rings. The number of aryl methyl sites for hydroxylation is 2. The van der Waals surface area contributed by atoms with Gasteiger partial charge in [-0.2, -0.15) is 0 Å². The maximum Gasteiger partial charge on any atom is 0.230 e. The van der Waals surface area contributed by atoms with Gasteiger partial charge >= 0.3 is 0 Å². The first-order valence-electron chi connectivity index (χ1n) is 8.45. The third kappa shape index (κ3) is 4.76. The Morgan fingerprint density at radius 2 is 2.20 bits per heavy atom. The standard InChI is InChI=1S/C17H23N3O3S2/c1-13-19-15-5-2-3-6-16(15)20(13)9-4-8-18-17(21)11-24-14-7-10-25(22,23)12-14/h2-3,5-6,14H,4,7-12H2,1H3,(H,18,21). The molecule has 8 heteroatoms. The van der Waals surface area contributed by atoms with Crippen LogP contribution in [0.2, 0.25) is 0 Å². The van der Waals surface area contributed by atoms with Crippen molar-refractivity contribution in [2.45, 2.75) is 31.6 Å². The van der Waals surface area contributed by atoms with E-state index in [9.17, 15) is 13.2 Å². The van der Waals surface area contributed by atoms with E-state index in [2.05, 4.69) is 20.9 Å². The average molecular weight is 382 g/mol. The fourth-order valence-corrected chi connectivity index (χ4v) is 6.55. The van der Waals surface area contributed by atoms with Gasteiger partial charge in [0.15, 0.2) is 9.84 Å². The van der Waals surface area contributed by atoms with Gasteiger partial charge in [-0.25, -0.2) is 13.4 Å². The number of hydrogen-bond donors (Lipinski definition) is 1. The normalized spacial score (nSPS) is 19.3. The highest BCUT2D eigenvalue weighted by atomic mass is 32.2. The number of amides is 1. The SMILES string of the molecule is Cc1nc2ccccc2n1CCCNC(=O)CSC1CCS(=O)(=O)C1. The van der Waals surface area contributed by atoms with Crippen molar-refractivity contribution in [2.24, 2.45) is 0 Å². The fraction of sp³-hybridized carbons (Fsp3) is 0.529. The fourth-order valence-electron chi connectivity index (χ4n) is 3.08. The number of imidazole rings is 1. The van der Waals surface area contributed by atoms with Crippen molar-refractivity contribution in [3.05, 3.63) is 30.1 Å². The molecule has 25 heavy (non-hydrogen) atoms. The summed E-state index contributed by atoms with van der Waals surface area (Å²) in [6.45, 7) is 3.40. The number of sulfone groups is 1. The number of carbonyl (C=O) groups is 1. The maximum absolute atomic E-state index is 11.9. The molecule has 0 radical (unpaired) electrons. The van der Waals surface area contributed by atoms with Gasteiger partial charge in [0.25, 0.3) is 0 Å². The molecule has 1 fully saturated rings. The lowest BCUT2D eigenvalue weighted by Gasteiger charge is -2.10.